The van der Waals surface area contributed by atoms with Crippen molar-refractivity contribution in [1.29, 1.82) is 0 Å². The zero-order valence-corrected chi connectivity index (χ0v) is 18.7. The van der Waals surface area contributed by atoms with Gasteiger partial charge in [-0.2, -0.15) is 10.1 Å². The van der Waals surface area contributed by atoms with E-state index in [1.54, 1.807) is 16.3 Å². The molecule has 10 heteroatoms. The van der Waals surface area contributed by atoms with Gasteiger partial charge in [0.2, 0.25) is 5.95 Å². The minimum atomic E-state index is -0.940. The van der Waals surface area contributed by atoms with E-state index in [0.717, 1.165) is 21.5 Å². The van der Waals surface area contributed by atoms with Gasteiger partial charge in [0, 0.05) is 19.8 Å². The van der Waals surface area contributed by atoms with Gasteiger partial charge < -0.3 is 9.84 Å². The van der Waals surface area contributed by atoms with Gasteiger partial charge in [-0.05, 0) is 38.5 Å². The second-order valence-electron chi connectivity index (χ2n) is 7.97. The molecule has 3 heterocycles. The molecule has 3 aromatic heterocycles. The molecule has 0 saturated heterocycles. The van der Waals surface area contributed by atoms with E-state index < -0.39 is 17.4 Å². The number of aryl methyl sites for hydroxylation is 4. The van der Waals surface area contributed by atoms with Crippen molar-refractivity contribution in [2.45, 2.75) is 33.4 Å². The van der Waals surface area contributed by atoms with Crippen LogP contribution in [0.2, 0.25) is 0 Å². The van der Waals surface area contributed by atoms with Crippen LogP contribution in [0.25, 0.3) is 17.1 Å². The standard InChI is InChI=1S/C22H26N6O4/c1-13-8-6-7-9-17(13)32-12-16(29)11-27-18-19(25(4)22(31)26(5)20(18)30)23-21(27)28-15(3)10-14(2)24-28/h6-10,16,29H,11-12H2,1-5H3/t16-/m1/s1. The molecule has 168 valence electrons. The first-order valence-electron chi connectivity index (χ1n) is 10.3. The molecule has 0 aliphatic heterocycles. The molecule has 0 aliphatic rings. The van der Waals surface area contributed by atoms with Crippen LogP contribution in [0, 0.1) is 20.8 Å². The van der Waals surface area contributed by atoms with Gasteiger partial charge in [0.25, 0.3) is 5.56 Å². The Bertz CT molecular complexity index is 1420. The number of rotatable bonds is 6. The predicted molar refractivity (Wildman–Crippen MR) is 119 cm³/mol. The fraction of sp³-hybridized carbons (Fsp3) is 0.364. The number of para-hydroxylation sites is 1. The van der Waals surface area contributed by atoms with Crippen molar-refractivity contribution >= 4 is 11.2 Å². The topological polar surface area (TPSA) is 109 Å². The summed E-state index contributed by atoms with van der Waals surface area (Å²) in [5.41, 5.74) is 2.03. The van der Waals surface area contributed by atoms with E-state index in [4.69, 9.17) is 4.74 Å². The quantitative estimate of drug-likeness (QED) is 0.481. The minimum Gasteiger partial charge on any atom is -0.491 e. The molecular formula is C22H26N6O4. The lowest BCUT2D eigenvalue weighted by atomic mass is 10.2. The summed E-state index contributed by atoms with van der Waals surface area (Å²) in [4.78, 5) is 30.0. The highest BCUT2D eigenvalue weighted by molar-refractivity contribution is 5.72. The third-order valence-corrected chi connectivity index (χ3v) is 5.45. The fourth-order valence-electron chi connectivity index (χ4n) is 3.77. The van der Waals surface area contributed by atoms with Crippen LogP contribution in [0.5, 0.6) is 5.75 Å². The smallest absolute Gasteiger partial charge is 0.332 e. The first-order valence-corrected chi connectivity index (χ1v) is 10.3. The molecule has 0 spiro atoms. The third kappa shape index (κ3) is 3.62. The monoisotopic (exact) mass is 438 g/mol. The van der Waals surface area contributed by atoms with Crippen molar-refractivity contribution in [1.82, 2.24) is 28.5 Å². The van der Waals surface area contributed by atoms with Gasteiger partial charge in [0.05, 0.1) is 12.2 Å². The number of aliphatic hydroxyl groups excluding tert-OH is 1. The molecule has 32 heavy (non-hydrogen) atoms. The molecule has 0 aliphatic carbocycles. The zero-order chi connectivity index (χ0) is 23.2. The highest BCUT2D eigenvalue weighted by Crippen LogP contribution is 2.19. The average Bonchev–Trinajstić information content (AvgIpc) is 3.29. The zero-order valence-electron chi connectivity index (χ0n) is 18.7. The van der Waals surface area contributed by atoms with Crippen molar-refractivity contribution in [3.63, 3.8) is 0 Å². The van der Waals surface area contributed by atoms with Crippen LogP contribution >= 0.6 is 0 Å². The first kappa shape index (κ1) is 21.6. The number of ether oxygens (including phenoxy) is 1. The van der Waals surface area contributed by atoms with E-state index in [1.807, 2.05) is 51.1 Å². The fourth-order valence-corrected chi connectivity index (χ4v) is 3.77. The lowest BCUT2D eigenvalue weighted by Crippen LogP contribution is -2.38. The van der Waals surface area contributed by atoms with Crippen LogP contribution in [-0.2, 0) is 20.6 Å². The van der Waals surface area contributed by atoms with E-state index >= 15 is 0 Å². The van der Waals surface area contributed by atoms with Crippen molar-refractivity contribution in [3.8, 4) is 11.7 Å². The summed E-state index contributed by atoms with van der Waals surface area (Å²) in [6.07, 6.45) is -0.940. The molecule has 0 fully saturated rings. The van der Waals surface area contributed by atoms with Crippen molar-refractivity contribution in [2.75, 3.05) is 6.61 Å². The van der Waals surface area contributed by atoms with E-state index in [0.29, 0.717) is 11.7 Å². The van der Waals surface area contributed by atoms with Gasteiger partial charge in [-0.15, -0.1) is 0 Å². The molecule has 4 rings (SSSR count). The lowest BCUT2D eigenvalue weighted by Gasteiger charge is -2.16. The maximum Gasteiger partial charge on any atom is 0.332 e. The molecular weight excluding hydrogens is 412 g/mol. The molecule has 10 nitrogen and oxygen atoms in total. The Morgan fingerprint density at radius 2 is 1.81 bits per heavy atom. The normalized spacial score (nSPS) is 12.4. The van der Waals surface area contributed by atoms with E-state index in [9.17, 15) is 14.7 Å². The van der Waals surface area contributed by atoms with Crippen molar-refractivity contribution < 1.29 is 9.84 Å². The maximum absolute atomic E-state index is 13.0. The number of nitrogens with zero attached hydrogens (tertiary/aromatic N) is 6. The summed E-state index contributed by atoms with van der Waals surface area (Å²) >= 11 is 0. The molecule has 0 saturated carbocycles. The van der Waals surface area contributed by atoms with Crippen molar-refractivity contribution in [3.05, 3.63) is 68.1 Å². The second-order valence-corrected chi connectivity index (χ2v) is 7.97. The highest BCUT2D eigenvalue weighted by Gasteiger charge is 2.23. The Morgan fingerprint density at radius 3 is 2.47 bits per heavy atom. The summed E-state index contributed by atoms with van der Waals surface area (Å²) in [5, 5.41) is 15.3. The number of imidazole rings is 1. The molecule has 0 amide bonds. The number of hydrogen-bond donors (Lipinski definition) is 1. The van der Waals surface area contributed by atoms with Crippen LogP contribution in [-0.4, -0.2) is 46.3 Å². The van der Waals surface area contributed by atoms with Gasteiger partial charge in [-0.3, -0.25) is 18.5 Å². The lowest BCUT2D eigenvalue weighted by molar-refractivity contribution is 0.0928. The molecule has 1 atom stereocenters. The molecule has 0 bridgehead atoms. The number of benzene rings is 1. The molecule has 1 N–H and O–H groups in total. The number of aliphatic hydroxyl groups is 1. The number of aromatic nitrogens is 6. The Morgan fingerprint density at radius 1 is 1.09 bits per heavy atom. The van der Waals surface area contributed by atoms with Gasteiger partial charge >= 0.3 is 5.69 Å². The summed E-state index contributed by atoms with van der Waals surface area (Å²) in [5.74, 6) is 1.03. The second kappa shape index (κ2) is 8.12. The summed E-state index contributed by atoms with van der Waals surface area (Å²) in [6.45, 7) is 5.71. The summed E-state index contributed by atoms with van der Waals surface area (Å²) < 4.78 is 11.3. The highest BCUT2D eigenvalue weighted by atomic mass is 16.5. The SMILES string of the molecule is Cc1cc(C)n(-c2nc3c(c(=O)n(C)c(=O)n3C)n2C[C@@H](O)COc2ccccc2C)n1. The van der Waals surface area contributed by atoms with Crippen LogP contribution in [0.3, 0.4) is 0 Å². The van der Waals surface area contributed by atoms with Gasteiger partial charge in [-0.25, -0.2) is 9.48 Å². The van der Waals surface area contributed by atoms with Gasteiger partial charge in [0.1, 0.15) is 18.5 Å². The Kier molecular flexibility index (Phi) is 5.47. The largest absolute Gasteiger partial charge is 0.491 e. The Balaban J connectivity index is 1.80. The average molecular weight is 438 g/mol. The Labute approximate surface area is 183 Å². The number of fused-ring (bicyclic) bond motifs is 1. The summed E-state index contributed by atoms with van der Waals surface area (Å²) in [7, 11) is 2.98. The predicted octanol–water partition coefficient (Wildman–Crippen LogP) is 0.985. The molecule has 0 unspecified atom stereocenters. The summed E-state index contributed by atoms with van der Waals surface area (Å²) in [6, 6.07) is 9.43. The van der Waals surface area contributed by atoms with Crippen LogP contribution in [0.1, 0.15) is 17.0 Å². The number of hydrogen-bond acceptors (Lipinski definition) is 6. The molecule has 4 aromatic rings. The van der Waals surface area contributed by atoms with E-state index in [-0.39, 0.29) is 24.3 Å². The Hall–Kier alpha value is -3.66. The van der Waals surface area contributed by atoms with Gasteiger partial charge in [-0.1, -0.05) is 18.2 Å². The molecule has 1 aromatic carbocycles. The minimum absolute atomic E-state index is 0.0210. The van der Waals surface area contributed by atoms with E-state index in [1.165, 1.54) is 11.6 Å². The van der Waals surface area contributed by atoms with Crippen LogP contribution in [0.15, 0.2) is 39.9 Å². The van der Waals surface area contributed by atoms with Crippen LogP contribution in [0.4, 0.5) is 0 Å². The molecule has 0 radical (unpaired) electrons. The van der Waals surface area contributed by atoms with Crippen LogP contribution < -0.4 is 16.0 Å². The third-order valence-electron chi connectivity index (χ3n) is 5.45. The van der Waals surface area contributed by atoms with Gasteiger partial charge in [0.15, 0.2) is 11.2 Å². The van der Waals surface area contributed by atoms with Crippen molar-refractivity contribution in [2.24, 2.45) is 14.1 Å². The maximum atomic E-state index is 13.0. The first-order chi connectivity index (χ1) is 15.2. The van der Waals surface area contributed by atoms with E-state index in [2.05, 4.69) is 10.1 Å².